The number of hydrogen-bond acceptors (Lipinski definition) is 1. The van der Waals surface area contributed by atoms with E-state index in [2.05, 4.69) is 5.32 Å². The molecule has 0 saturated carbocycles. The topological polar surface area (TPSA) is 29.1 Å². The third kappa shape index (κ3) is 6.02. The molecule has 0 aromatic heterocycles. The number of rotatable bonds is 4. The Balaban J connectivity index is 2.15. The van der Waals surface area contributed by atoms with Crippen molar-refractivity contribution < 1.29 is 31.1 Å². The zero-order valence-corrected chi connectivity index (χ0v) is 14.2. The van der Waals surface area contributed by atoms with Gasteiger partial charge in [0, 0.05) is 17.6 Å². The molecule has 27 heavy (non-hydrogen) atoms. The predicted octanol–water partition coefficient (Wildman–Crippen LogP) is 5.71. The molecule has 1 amide bonds. The lowest BCUT2D eigenvalue weighted by molar-refractivity contribution is -0.143. The molecule has 0 spiro atoms. The van der Waals surface area contributed by atoms with E-state index in [9.17, 15) is 31.1 Å². The molecule has 0 heterocycles. The molecule has 0 aliphatic carbocycles. The summed E-state index contributed by atoms with van der Waals surface area (Å²) in [6, 6.07) is 7.76. The SMILES string of the molecule is O=C(/C=C/c1ccccc1Cl)NCc1cc(C(F)(F)F)cc(C(F)(F)F)c1. The highest BCUT2D eigenvalue weighted by atomic mass is 35.5. The molecule has 2 aromatic rings. The van der Waals surface area contributed by atoms with Crippen LogP contribution in [-0.4, -0.2) is 5.91 Å². The smallest absolute Gasteiger partial charge is 0.348 e. The second-order valence-corrected chi connectivity index (χ2v) is 5.89. The van der Waals surface area contributed by atoms with Gasteiger partial charge in [-0.05, 0) is 41.5 Å². The van der Waals surface area contributed by atoms with Gasteiger partial charge < -0.3 is 5.32 Å². The van der Waals surface area contributed by atoms with Crippen LogP contribution in [-0.2, 0) is 23.7 Å². The summed E-state index contributed by atoms with van der Waals surface area (Å²) in [5.74, 6) is -0.694. The van der Waals surface area contributed by atoms with Crippen LogP contribution in [0.3, 0.4) is 0 Å². The average molecular weight is 408 g/mol. The zero-order chi connectivity index (χ0) is 20.2. The van der Waals surface area contributed by atoms with Gasteiger partial charge in [-0.15, -0.1) is 0 Å². The Bertz CT molecular complexity index is 825. The summed E-state index contributed by atoms with van der Waals surface area (Å²) in [7, 11) is 0. The molecular weight excluding hydrogens is 396 g/mol. The van der Waals surface area contributed by atoms with Crippen molar-refractivity contribution in [1.29, 1.82) is 0 Å². The van der Waals surface area contributed by atoms with Crippen LogP contribution >= 0.6 is 11.6 Å². The van der Waals surface area contributed by atoms with Crippen molar-refractivity contribution in [3.8, 4) is 0 Å². The predicted molar refractivity (Wildman–Crippen MR) is 88.8 cm³/mol. The van der Waals surface area contributed by atoms with E-state index in [0.29, 0.717) is 22.7 Å². The summed E-state index contributed by atoms with van der Waals surface area (Å²) in [5, 5.41) is 2.63. The molecule has 2 rings (SSSR count). The van der Waals surface area contributed by atoms with E-state index in [1.807, 2.05) is 0 Å². The van der Waals surface area contributed by atoms with Gasteiger partial charge in [-0.25, -0.2) is 0 Å². The van der Waals surface area contributed by atoms with E-state index in [1.165, 1.54) is 6.08 Å². The Kier molecular flexibility index (Phi) is 6.20. The third-order valence-electron chi connectivity index (χ3n) is 3.43. The van der Waals surface area contributed by atoms with Gasteiger partial charge >= 0.3 is 12.4 Å². The van der Waals surface area contributed by atoms with Crippen LogP contribution in [0.25, 0.3) is 6.08 Å². The maximum absolute atomic E-state index is 12.8. The van der Waals surface area contributed by atoms with Crippen molar-refractivity contribution >= 4 is 23.6 Å². The molecule has 144 valence electrons. The van der Waals surface area contributed by atoms with E-state index in [0.717, 1.165) is 6.08 Å². The lowest BCUT2D eigenvalue weighted by Crippen LogP contribution is -2.21. The first-order chi connectivity index (χ1) is 12.5. The van der Waals surface area contributed by atoms with E-state index < -0.39 is 35.9 Å². The normalized spacial score (nSPS) is 12.4. The Morgan fingerprint density at radius 3 is 2.04 bits per heavy atom. The highest BCUT2D eigenvalue weighted by Gasteiger charge is 2.36. The van der Waals surface area contributed by atoms with Crippen LogP contribution < -0.4 is 5.32 Å². The Morgan fingerprint density at radius 2 is 1.52 bits per heavy atom. The molecule has 0 atom stereocenters. The average Bonchev–Trinajstić information content (AvgIpc) is 2.57. The Hall–Kier alpha value is -2.48. The number of nitrogens with one attached hydrogen (secondary N) is 1. The van der Waals surface area contributed by atoms with Crippen LogP contribution in [0.15, 0.2) is 48.5 Å². The second-order valence-electron chi connectivity index (χ2n) is 5.49. The van der Waals surface area contributed by atoms with E-state index >= 15 is 0 Å². The summed E-state index contributed by atoms with van der Waals surface area (Å²) < 4.78 is 76.8. The van der Waals surface area contributed by atoms with Crippen LogP contribution in [0.5, 0.6) is 0 Å². The summed E-state index contributed by atoms with van der Waals surface area (Å²) in [6.45, 7) is -0.501. The molecule has 0 aliphatic rings. The fraction of sp³-hybridized carbons (Fsp3) is 0.167. The minimum absolute atomic E-state index is 0.0304. The first kappa shape index (κ1) is 20.8. The summed E-state index contributed by atoms with van der Waals surface area (Å²) in [5.41, 5.74) is -2.66. The molecule has 1 N–H and O–H groups in total. The van der Waals surface area contributed by atoms with Crippen molar-refractivity contribution in [1.82, 2.24) is 5.32 Å². The zero-order valence-electron chi connectivity index (χ0n) is 13.5. The van der Waals surface area contributed by atoms with Crippen LogP contribution in [0.2, 0.25) is 5.02 Å². The van der Waals surface area contributed by atoms with Crippen molar-refractivity contribution in [2.45, 2.75) is 18.9 Å². The minimum atomic E-state index is -4.94. The van der Waals surface area contributed by atoms with Crippen LogP contribution in [0, 0.1) is 0 Å². The maximum atomic E-state index is 12.8. The Labute approximate surface area is 155 Å². The number of carbonyl (C=O) groups excluding carboxylic acids is 1. The first-order valence-electron chi connectivity index (χ1n) is 7.45. The summed E-state index contributed by atoms with van der Waals surface area (Å²) in [4.78, 5) is 11.8. The lowest BCUT2D eigenvalue weighted by atomic mass is 10.0. The molecular formula is C18H12ClF6NO. The minimum Gasteiger partial charge on any atom is -0.348 e. The molecule has 0 fully saturated rings. The largest absolute Gasteiger partial charge is 0.416 e. The highest BCUT2D eigenvalue weighted by Crippen LogP contribution is 2.36. The van der Waals surface area contributed by atoms with E-state index in [4.69, 9.17) is 11.6 Å². The van der Waals surface area contributed by atoms with E-state index in [1.54, 1.807) is 24.3 Å². The van der Waals surface area contributed by atoms with Gasteiger partial charge in [0.05, 0.1) is 11.1 Å². The fourth-order valence-corrected chi connectivity index (χ4v) is 2.34. The third-order valence-corrected chi connectivity index (χ3v) is 3.78. The molecule has 0 radical (unpaired) electrons. The maximum Gasteiger partial charge on any atom is 0.416 e. The molecule has 0 bridgehead atoms. The first-order valence-corrected chi connectivity index (χ1v) is 7.83. The number of benzene rings is 2. The quantitative estimate of drug-likeness (QED) is 0.510. The summed E-state index contributed by atoms with van der Waals surface area (Å²) in [6.07, 6.45) is -7.42. The molecule has 9 heteroatoms. The van der Waals surface area contributed by atoms with Crippen molar-refractivity contribution in [2.24, 2.45) is 0 Å². The summed E-state index contributed by atoms with van der Waals surface area (Å²) >= 11 is 5.90. The van der Waals surface area contributed by atoms with Gasteiger partial charge in [0.1, 0.15) is 0 Å². The van der Waals surface area contributed by atoms with Crippen molar-refractivity contribution in [3.05, 3.63) is 75.8 Å². The second kappa shape index (κ2) is 8.04. The monoisotopic (exact) mass is 407 g/mol. The van der Waals surface area contributed by atoms with Crippen LogP contribution in [0.4, 0.5) is 26.3 Å². The fourth-order valence-electron chi connectivity index (χ4n) is 2.15. The molecule has 0 unspecified atom stereocenters. The van der Waals surface area contributed by atoms with Gasteiger partial charge in [-0.1, -0.05) is 29.8 Å². The van der Waals surface area contributed by atoms with Gasteiger partial charge in [-0.3, -0.25) is 4.79 Å². The van der Waals surface area contributed by atoms with Gasteiger partial charge in [0.25, 0.3) is 0 Å². The van der Waals surface area contributed by atoms with Gasteiger partial charge in [-0.2, -0.15) is 26.3 Å². The van der Waals surface area contributed by atoms with Gasteiger partial charge in [0.15, 0.2) is 0 Å². The standard InChI is InChI=1S/C18H12ClF6NO/c19-15-4-2-1-3-12(15)5-6-16(27)26-10-11-7-13(17(20,21)22)9-14(8-11)18(23,24)25/h1-9H,10H2,(H,26,27)/b6-5+. The van der Waals surface area contributed by atoms with Gasteiger partial charge in [0.2, 0.25) is 5.91 Å². The highest BCUT2D eigenvalue weighted by molar-refractivity contribution is 6.32. The van der Waals surface area contributed by atoms with E-state index in [-0.39, 0.29) is 11.6 Å². The number of amides is 1. The van der Waals surface area contributed by atoms with Crippen LogP contribution in [0.1, 0.15) is 22.3 Å². The van der Waals surface area contributed by atoms with Crippen molar-refractivity contribution in [3.63, 3.8) is 0 Å². The van der Waals surface area contributed by atoms with Crippen molar-refractivity contribution in [2.75, 3.05) is 0 Å². The molecule has 2 nitrogen and oxygen atoms in total. The molecule has 0 saturated heterocycles. The lowest BCUT2D eigenvalue weighted by Gasteiger charge is -2.14. The molecule has 2 aromatic carbocycles. The Morgan fingerprint density at radius 1 is 0.963 bits per heavy atom. The molecule has 0 aliphatic heterocycles. The number of halogens is 7. The number of carbonyl (C=O) groups is 1. The number of hydrogen-bond donors (Lipinski definition) is 1. The number of alkyl halides is 6.